The summed E-state index contributed by atoms with van der Waals surface area (Å²) < 4.78 is 6.61. The maximum Gasteiger partial charge on any atom is 0.0687 e. The number of ether oxygens (including phenoxy) is 1. The first-order chi connectivity index (χ1) is 9.97. The second-order valence-electron chi connectivity index (χ2n) is 8.32. The maximum atomic E-state index is 6.61. The molecule has 2 unspecified atom stereocenters. The van der Waals surface area contributed by atoms with E-state index in [1.807, 2.05) is 0 Å². The van der Waals surface area contributed by atoms with Gasteiger partial charge in [-0.05, 0) is 43.9 Å². The summed E-state index contributed by atoms with van der Waals surface area (Å²) in [4.78, 5) is 0. The van der Waals surface area contributed by atoms with Crippen molar-refractivity contribution in [1.82, 2.24) is 5.32 Å². The lowest BCUT2D eigenvalue weighted by Gasteiger charge is -2.36. The average Bonchev–Trinajstić information content (AvgIpc) is 2.80. The van der Waals surface area contributed by atoms with Crippen LogP contribution < -0.4 is 5.32 Å². The molecular formula is C19H37NO. The van der Waals surface area contributed by atoms with Crippen LogP contribution in [-0.2, 0) is 4.74 Å². The normalized spacial score (nSPS) is 28.1. The first-order valence-electron chi connectivity index (χ1n) is 9.38. The zero-order valence-electron chi connectivity index (χ0n) is 14.8. The van der Waals surface area contributed by atoms with E-state index in [2.05, 4.69) is 33.0 Å². The van der Waals surface area contributed by atoms with Gasteiger partial charge in [-0.1, -0.05) is 53.4 Å². The van der Waals surface area contributed by atoms with Crippen LogP contribution in [0.5, 0.6) is 0 Å². The molecule has 1 aliphatic carbocycles. The van der Waals surface area contributed by atoms with Crippen LogP contribution in [0.15, 0.2) is 0 Å². The smallest absolute Gasteiger partial charge is 0.0687 e. The van der Waals surface area contributed by atoms with Crippen molar-refractivity contribution in [3.8, 4) is 0 Å². The summed E-state index contributed by atoms with van der Waals surface area (Å²) >= 11 is 0. The predicted octanol–water partition coefficient (Wildman–Crippen LogP) is 5.06. The van der Waals surface area contributed by atoms with Crippen molar-refractivity contribution in [2.24, 2.45) is 5.41 Å². The van der Waals surface area contributed by atoms with Crippen LogP contribution in [0.4, 0.5) is 0 Å². The van der Waals surface area contributed by atoms with Gasteiger partial charge in [-0.3, -0.25) is 0 Å². The highest BCUT2D eigenvalue weighted by Crippen LogP contribution is 2.45. The molecule has 0 aromatic heterocycles. The van der Waals surface area contributed by atoms with Crippen LogP contribution in [0, 0.1) is 5.41 Å². The molecule has 0 radical (unpaired) electrons. The van der Waals surface area contributed by atoms with Gasteiger partial charge in [0.25, 0.3) is 0 Å². The minimum absolute atomic E-state index is 0.279. The Labute approximate surface area is 132 Å². The molecule has 0 bridgehead atoms. The van der Waals surface area contributed by atoms with Crippen molar-refractivity contribution < 1.29 is 4.74 Å². The van der Waals surface area contributed by atoms with E-state index in [0.717, 1.165) is 6.54 Å². The highest BCUT2D eigenvalue weighted by atomic mass is 16.5. The third-order valence-electron chi connectivity index (χ3n) is 5.61. The van der Waals surface area contributed by atoms with Gasteiger partial charge in [-0.2, -0.15) is 0 Å². The molecule has 1 saturated carbocycles. The molecule has 1 heterocycles. The fourth-order valence-electron chi connectivity index (χ4n) is 4.47. The molecule has 2 nitrogen and oxygen atoms in total. The maximum absolute atomic E-state index is 6.61. The molecule has 2 heteroatoms. The van der Waals surface area contributed by atoms with E-state index in [1.54, 1.807) is 0 Å². The molecule has 1 spiro atoms. The summed E-state index contributed by atoms with van der Waals surface area (Å²) in [5.74, 6) is 0. The van der Waals surface area contributed by atoms with Gasteiger partial charge in [-0.15, -0.1) is 0 Å². The first-order valence-corrected chi connectivity index (χ1v) is 9.38. The average molecular weight is 296 g/mol. The summed E-state index contributed by atoms with van der Waals surface area (Å²) in [6, 6.07) is 0.579. The van der Waals surface area contributed by atoms with Gasteiger partial charge in [0.15, 0.2) is 0 Å². The highest BCUT2D eigenvalue weighted by Gasteiger charge is 2.42. The number of nitrogens with one attached hydrogen (secondary N) is 1. The summed E-state index contributed by atoms with van der Waals surface area (Å²) in [5.41, 5.74) is 0.672. The van der Waals surface area contributed by atoms with E-state index in [-0.39, 0.29) is 5.60 Å². The number of hydrogen-bond donors (Lipinski definition) is 1. The molecule has 124 valence electrons. The zero-order valence-corrected chi connectivity index (χ0v) is 14.8. The fraction of sp³-hybridized carbons (Fsp3) is 1.00. The molecule has 2 aliphatic rings. The summed E-state index contributed by atoms with van der Waals surface area (Å²) in [6.45, 7) is 10.4. The van der Waals surface area contributed by atoms with Crippen LogP contribution in [-0.4, -0.2) is 24.3 Å². The Morgan fingerprint density at radius 1 is 1.19 bits per heavy atom. The highest BCUT2D eigenvalue weighted by molar-refractivity contribution is 4.93. The summed E-state index contributed by atoms with van der Waals surface area (Å²) in [6.07, 6.45) is 13.8. The molecular weight excluding hydrogens is 258 g/mol. The van der Waals surface area contributed by atoms with E-state index in [1.165, 1.54) is 64.2 Å². The fourth-order valence-corrected chi connectivity index (χ4v) is 4.47. The lowest BCUT2D eigenvalue weighted by molar-refractivity contribution is -0.0764. The molecule has 0 aromatic rings. The zero-order chi connectivity index (χ0) is 15.3. The Hall–Kier alpha value is -0.0800. The van der Waals surface area contributed by atoms with E-state index in [9.17, 15) is 0 Å². The largest absolute Gasteiger partial charge is 0.372 e. The molecule has 1 saturated heterocycles. The monoisotopic (exact) mass is 295 g/mol. The SMILES string of the molecule is CCCC(C)(CNC(C)C)CC1CCC2(CCCCC2)O1. The lowest BCUT2D eigenvalue weighted by atomic mass is 9.79. The Morgan fingerprint density at radius 3 is 2.52 bits per heavy atom. The minimum atomic E-state index is 0.279. The second kappa shape index (κ2) is 7.46. The molecule has 1 aliphatic heterocycles. The quantitative estimate of drug-likeness (QED) is 0.708. The molecule has 2 rings (SSSR count). The van der Waals surface area contributed by atoms with E-state index in [0.29, 0.717) is 17.6 Å². The van der Waals surface area contributed by atoms with Gasteiger partial charge in [0.1, 0.15) is 0 Å². The van der Waals surface area contributed by atoms with Crippen molar-refractivity contribution in [3.63, 3.8) is 0 Å². The number of hydrogen-bond acceptors (Lipinski definition) is 2. The van der Waals surface area contributed by atoms with Crippen molar-refractivity contribution >= 4 is 0 Å². The van der Waals surface area contributed by atoms with Gasteiger partial charge < -0.3 is 10.1 Å². The van der Waals surface area contributed by atoms with Crippen molar-refractivity contribution in [2.45, 2.75) is 110 Å². The lowest BCUT2D eigenvalue weighted by Crippen LogP contribution is -2.39. The molecule has 0 aromatic carbocycles. The van der Waals surface area contributed by atoms with Crippen LogP contribution in [0.25, 0.3) is 0 Å². The Morgan fingerprint density at radius 2 is 1.90 bits per heavy atom. The topological polar surface area (TPSA) is 21.3 Å². The predicted molar refractivity (Wildman–Crippen MR) is 90.7 cm³/mol. The van der Waals surface area contributed by atoms with Crippen LogP contribution in [0.2, 0.25) is 0 Å². The van der Waals surface area contributed by atoms with Crippen LogP contribution in [0.1, 0.15) is 91.9 Å². The van der Waals surface area contributed by atoms with Gasteiger partial charge >= 0.3 is 0 Å². The third kappa shape index (κ3) is 4.96. The van der Waals surface area contributed by atoms with Crippen molar-refractivity contribution in [2.75, 3.05) is 6.54 Å². The Bertz CT molecular complexity index is 309. The standard InChI is InChI=1S/C19H37NO/c1-5-10-18(4,15-20-16(2)3)14-17-9-13-19(21-17)11-7-6-8-12-19/h16-17,20H,5-15H2,1-4H3. The molecule has 21 heavy (non-hydrogen) atoms. The second-order valence-corrected chi connectivity index (χ2v) is 8.32. The Balaban J connectivity index is 1.88. The number of rotatable bonds is 7. The molecule has 1 N–H and O–H groups in total. The van der Waals surface area contributed by atoms with Crippen LogP contribution in [0.3, 0.4) is 0 Å². The molecule has 2 atom stereocenters. The van der Waals surface area contributed by atoms with E-state index >= 15 is 0 Å². The van der Waals surface area contributed by atoms with Crippen LogP contribution >= 0.6 is 0 Å². The van der Waals surface area contributed by atoms with Crippen molar-refractivity contribution in [3.05, 3.63) is 0 Å². The Kier molecular flexibility index (Phi) is 6.14. The van der Waals surface area contributed by atoms with Crippen molar-refractivity contribution in [1.29, 1.82) is 0 Å². The van der Waals surface area contributed by atoms with Gasteiger partial charge in [-0.25, -0.2) is 0 Å². The summed E-state index contributed by atoms with van der Waals surface area (Å²) in [7, 11) is 0. The summed E-state index contributed by atoms with van der Waals surface area (Å²) in [5, 5.41) is 3.66. The first kappa shape index (κ1) is 17.3. The van der Waals surface area contributed by atoms with E-state index < -0.39 is 0 Å². The molecule has 2 fully saturated rings. The van der Waals surface area contributed by atoms with Gasteiger partial charge in [0, 0.05) is 12.6 Å². The molecule has 0 amide bonds. The third-order valence-corrected chi connectivity index (χ3v) is 5.61. The minimum Gasteiger partial charge on any atom is -0.372 e. The van der Waals surface area contributed by atoms with Gasteiger partial charge in [0.2, 0.25) is 0 Å². The van der Waals surface area contributed by atoms with Gasteiger partial charge in [0.05, 0.1) is 11.7 Å². The van der Waals surface area contributed by atoms with E-state index in [4.69, 9.17) is 4.74 Å².